The number of carbonyl (C=O) groups is 1. The Labute approximate surface area is 187 Å². The molecule has 1 aliphatic rings. The second kappa shape index (κ2) is 8.27. The molecule has 1 amide bonds. The Morgan fingerprint density at radius 2 is 2.16 bits per heavy atom. The summed E-state index contributed by atoms with van der Waals surface area (Å²) in [6.45, 7) is 4.54. The molecule has 0 saturated heterocycles. The first-order chi connectivity index (χ1) is 15.5. The molecule has 0 radical (unpaired) electrons. The van der Waals surface area contributed by atoms with Gasteiger partial charge in [-0.3, -0.25) is 9.48 Å². The van der Waals surface area contributed by atoms with Crippen molar-refractivity contribution >= 4 is 39.9 Å². The van der Waals surface area contributed by atoms with Gasteiger partial charge in [-0.1, -0.05) is 0 Å². The normalized spacial score (nSPS) is 14.5. The van der Waals surface area contributed by atoms with Gasteiger partial charge >= 0.3 is 0 Å². The van der Waals surface area contributed by atoms with E-state index < -0.39 is 6.04 Å². The molecule has 5 rings (SSSR count). The van der Waals surface area contributed by atoms with Crippen molar-refractivity contribution in [3.63, 3.8) is 0 Å². The molecule has 1 aliphatic carbocycles. The fourth-order valence-corrected chi connectivity index (χ4v) is 4.42. The Balaban J connectivity index is 1.31. The summed E-state index contributed by atoms with van der Waals surface area (Å²) in [6, 6.07) is 4.13. The summed E-state index contributed by atoms with van der Waals surface area (Å²) in [5, 5.41) is 11.4. The van der Waals surface area contributed by atoms with Crippen LogP contribution in [0.25, 0.3) is 11.2 Å². The molecule has 164 valence electrons. The van der Waals surface area contributed by atoms with E-state index in [2.05, 4.69) is 30.7 Å². The average Bonchev–Trinajstić information content (AvgIpc) is 3.36. The number of rotatable bonds is 7. The third-order valence-electron chi connectivity index (χ3n) is 5.36. The molecule has 0 spiro atoms. The number of hydrogen-bond acceptors (Lipinski definition) is 7. The Bertz CT molecular complexity index is 1300. The van der Waals surface area contributed by atoms with Gasteiger partial charge in [0, 0.05) is 23.7 Å². The third kappa shape index (κ3) is 4.18. The van der Waals surface area contributed by atoms with Gasteiger partial charge in [0.15, 0.2) is 0 Å². The van der Waals surface area contributed by atoms with Gasteiger partial charge < -0.3 is 10.6 Å². The predicted octanol–water partition coefficient (Wildman–Crippen LogP) is 4.74. The lowest BCUT2D eigenvalue weighted by Crippen LogP contribution is -2.13. The maximum atomic E-state index is 14.6. The highest BCUT2D eigenvalue weighted by Gasteiger charge is 2.27. The van der Waals surface area contributed by atoms with E-state index in [1.165, 1.54) is 17.4 Å². The van der Waals surface area contributed by atoms with E-state index in [0.717, 1.165) is 24.4 Å². The fraction of sp³-hybridized carbons (Fsp3) is 0.318. The molecule has 8 nitrogen and oxygen atoms in total. The molecule has 0 aliphatic heterocycles. The quantitative estimate of drug-likeness (QED) is 0.421. The monoisotopic (exact) mass is 451 g/mol. The molecule has 0 bridgehead atoms. The van der Waals surface area contributed by atoms with E-state index >= 15 is 0 Å². The molecule has 1 fully saturated rings. The summed E-state index contributed by atoms with van der Waals surface area (Å²) in [4.78, 5) is 26.3. The second-order valence-electron chi connectivity index (χ2n) is 7.84. The van der Waals surface area contributed by atoms with Crippen LogP contribution in [0.1, 0.15) is 58.9 Å². The van der Waals surface area contributed by atoms with Crippen LogP contribution >= 0.6 is 11.3 Å². The van der Waals surface area contributed by atoms with Gasteiger partial charge in [-0.05, 0) is 44.9 Å². The number of anilines is 2. The van der Waals surface area contributed by atoms with Crippen molar-refractivity contribution in [1.29, 1.82) is 0 Å². The summed E-state index contributed by atoms with van der Waals surface area (Å²) in [5.74, 6) is 0.387. The first-order valence-corrected chi connectivity index (χ1v) is 11.3. The number of nitrogens with zero attached hydrogens (tertiary/aromatic N) is 5. The van der Waals surface area contributed by atoms with E-state index in [4.69, 9.17) is 0 Å². The molecular formula is C22H22FN7OS. The first kappa shape index (κ1) is 20.5. The van der Waals surface area contributed by atoms with Crippen molar-refractivity contribution < 1.29 is 9.18 Å². The minimum Gasteiger partial charge on any atom is -0.362 e. The number of fused-ring (bicyclic) bond motifs is 1. The van der Waals surface area contributed by atoms with Gasteiger partial charge in [-0.2, -0.15) is 5.10 Å². The number of nitrogens with one attached hydrogen (secondary N) is 2. The molecule has 32 heavy (non-hydrogen) atoms. The number of benzene rings is 1. The molecule has 4 aromatic rings. The van der Waals surface area contributed by atoms with Crippen molar-refractivity contribution in [3.05, 3.63) is 58.1 Å². The zero-order valence-corrected chi connectivity index (χ0v) is 18.5. The van der Waals surface area contributed by atoms with E-state index in [1.54, 1.807) is 29.2 Å². The third-order valence-corrected chi connectivity index (χ3v) is 6.52. The Kier molecular flexibility index (Phi) is 5.30. The van der Waals surface area contributed by atoms with Crippen LogP contribution in [-0.4, -0.2) is 30.6 Å². The summed E-state index contributed by atoms with van der Waals surface area (Å²) in [6.07, 6.45) is 7.32. The summed E-state index contributed by atoms with van der Waals surface area (Å²) < 4.78 is 16.3. The average molecular weight is 452 g/mol. The fourth-order valence-electron chi connectivity index (χ4n) is 3.43. The van der Waals surface area contributed by atoms with Crippen LogP contribution in [0.2, 0.25) is 0 Å². The number of aryl methyl sites for hydroxylation is 1. The largest absolute Gasteiger partial charge is 0.362 e. The molecule has 10 heteroatoms. The molecule has 1 saturated carbocycles. The van der Waals surface area contributed by atoms with Gasteiger partial charge in [0.25, 0.3) is 5.91 Å². The Morgan fingerprint density at radius 1 is 1.31 bits per heavy atom. The zero-order valence-electron chi connectivity index (χ0n) is 17.7. The van der Waals surface area contributed by atoms with Crippen LogP contribution in [0.3, 0.4) is 0 Å². The Morgan fingerprint density at radius 3 is 2.94 bits per heavy atom. The smallest absolute Gasteiger partial charge is 0.267 e. The van der Waals surface area contributed by atoms with Crippen LogP contribution in [0.15, 0.2) is 36.8 Å². The molecule has 0 unspecified atom stereocenters. The predicted molar refractivity (Wildman–Crippen MR) is 121 cm³/mol. The number of amides is 1. The summed E-state index contributed by atoms with van der Waals surface area (Å²) in [7, 11) is 0. The highest BCUT2D eigenvalue weighted by atomic mass is 32.1. The van der Waals surface area contributed by atoms with E-state index in [-0.39, 0.29) is 11.7 Å². The molecule has 3 heterocycles. The number of hydrogen-bond donors (Lipinski definition) is 2. The lowest BCUT2D eigenvalue weighted by molar-refractivity contribution is 0.103. The minimum absolute atomic E-state index is 0.240. The van der Waals surface area contributed by atoms with Crippen molar-refractivity contribution in [3.8, 4) is 0 Å². The lowest BCUT2D eigenvalue weighted by atomic mass is 10.1. The van der Waals surface area contributed by atoms with Crippen LogP contribution < -0.4 is 10.6 Å². The van der Waals surface area contributed by atoms with Crippen LogP contribution in [0.4, 0.5) is 15.9 Å². The number of thiazole rings is 1. The molecule has 1 aromatic carbocycles. The number of carbonyl (C=O) groups excluding carboxylic acids is 1. The number of aromatic nitrogens is 5. The van der Waals surface area contributed by atoms with Gasteiger partial charge in [-0.25, -0.2) is 19.3 Å². The van der Waals surface area contributed by atoms with Gasteiger partial charge in [-0.15, -0.1) is 11.3 Å². The maximum Gasteiger partial charge on any atom is 0.267 e. The molecule has 1 atom stereocenters. The topological polar surface area (TPSA) is 97.6 Å². The lowest BCUT2D eigenvalue weighted by Gasteiger charge is -2.16. The summed E-state index contributed by atoms with van der Waals surface area (Å²) in [5.41, 5.74) is 2.16. The molecular weight excluding hydrogens is 429 g/mol. The van der Waals surface area contributed by atoms with E-state index in [0.29, 0.717) is 39.0 Å². The van der Waals surface area contributed by atoms with Crippen LogP contribution in [0, 0.1) is 5.82 Å². The van der Waals surface area contributed by atoms with E-state index in [1.807, 2.05) is 20.0 Å². The standard InChI is InChI=1S/C22H22FN7OS/c1-3-30-11-17-20(29-30)28-19(10-24-17)26-12(2)15-8-14(6-7-16(15)23)27-21(31)18-9-25-22(32-18)13-4-5-13/h6-13H,3-5H2,1-2H3,(H,27,31)(H,26,28,29)/t12-/m0/s1. The van der Waals surface area contributed by atoms with Crippen LogP contribution in [0.5, 0.6) is 0 Å². The second-order valence-corrected chi connectivity index (χ2v) is 8.90. The van der Waals surface area contributed by atoms with Gasteiger partial charge in [0.2, 0.25) is 5.65 Å². The molecule has 3 aromatic heterocycles. The zero-order chi connectivity index (χ0) is 22.2. The van der Waals surface area contributed by atoms with Gasteiger partial charge in [0.1, 0.15) is 22.0 Å². The highest BCUT2D eigenvalue weighted by molar-refractivity contribution is 7.13. The van der Waals surface area contributed by atoms with Crippen LogP contribution in [-0.2, 0) is 6.54 Å². The highest BCUT2D eigenvalue weighted by Crippen LogP contribution is 2.41. The van der Waals surface area contributed by atoms with Crippen molar-refractivity contribution in [2.45, 2.75) is 45.2 Å². The van der Waals surface area contributed by atoms with Crippen molar-refractivity contribution in [1.82, 2.24) is 24.7 Å². The summed E-state index contributed by atoms with van der Waals surface area (Å²) >= 11 is 1.42. The number of halogens is 1. The Hall–Kier alpha value is -3.40. The minimum atomic E-state index is -0.406. The van der Waals surface area contributed by atoms with E-state index in [9.17, 15) is 9.18 Å². The van der Waals surface area contributed by atoms with Crippen molar-refractivity contribution in [2.24, 2.45) is 0 Å². The SMILES string of the molecule is CCn1cc2ncc(N[C@@H](C)c3cc(NC(=O)c4cnc(C5CC5)s4)ccc3F)nc2n1. The maximum absolute atomic E-state index is 14.6. The van der Waals surface area contributed by atoms with Gasteiger partial charge in [0.05, 0.1) is 29.6 Å². The molecule has 2 N–H and O–H groups in total. The van der Waals surface area contributed by atoms with Crippen molar-refractivity contribution in [2.75, 3.05) is 10.6 Å². The first-order valence-electron chi connectivity index (χ1n) is 10.5.